The number of ether oxygens (including phenoxy) is 1. The van der Waals surface area contributed by atoms with Crippen LogP contribution in [0.25, 0.3) is 0 Å². The summed E-state index contributed by atoms with van der Waals surface area (Å²) in [5, 5.41) is 11.2. The molecule has 116 valence electrons. The molecule has 0 saturated heterocycles. The van der Waals surface area contributed by atoms with Crippen molar-refractivity contribution in [1.29, 1.82) is 0 Å². The number of hydrogen-bond donors (Lipinski definition) is 1. The van der Waals surface area contributed by atoms with Crippen molar-refractivity contribution in [1.82, 2.24) is 25.1 Å². The smallest absolute Gasteiger partial charge is 0.232 e. The van der Waals surface area contributed by atoms with Crippen LogP contribution in [0.1, 0.15) is 17.8 Å². The minimum absolute atomic E-state index is 0.0197. The molecule has 22 heavy (non-hydrogen) atoms. The maximum absolute atomic E-state index is 12.3. The second-order valence-electron chi connectivity index (χ2n) is 5.19. The van der Waals surface area contributed by atoms with E-state index in [-0.39, 0.29) is 11.8 Å². The number of nitrogens with zero attached hydrogens (tertiary/aromatic N) is 4. The SMILES string of the molecule is COc1ncc(CNC(=O)C2CCc3nncn3C2)cc1Cl. The number of hydrogen-bond acceptors (Lipinski definition) is 5. The van der Waals surface area contributed by atoms with Gasteiger partial charge in [-0.1, -0.05) is 11.6 Å². The van der Waals surface area contributed by atoms with Gasteiger partial charge in [-0.15, -0.1) is 10.2 Å². The number of pyridine rings is 1. The summed E-state index contributed by atoms with van der Waals surface area (Å²) in [6.07, 6.45) is 4.87. The normalized spacial score (nSPS) is 16.9. The molecule has 3 rings (SSSR count). The summed E-state index contributed by atoms with van der Waals surface area (Å²) in [5.41, 5.74) is 0.833. The zero-order valence-electron chi connectivity index (χ0n) is 12.1. The van der Waals surface area contributed by atoms with E-state index in [0.29, 0.717) is 24.0 Å². The van der Waals surface area contributed by atoms with Crippen LogP contribution in [0.4, 0.5) is 0 Å². The lowest BCUT2D eigenvalue weighted by Gasteiger charge is -2.22. The predicted molar refractivity (Wildman–Crippen MR) is 79.5 cm³/mol. The van der Waals surface area contributed by atoms with Crippen molar-refractivity contribution in [3.8, 4) is 5.88 Å². The lowest BCUT2D eigenvalue weighted by Crippen LogP contribution is -2.35. The van der Waals surface area contributed by atoms with Crippen LogP contribution in [0, 0.1) is 5.92 Å². The Morgan fingerprint density at radius 2 is 2.45 bits per heavy atom. The molecule has 0 spiro atoms. The number of aromatic nitrogens is 4. The van der Waals surface area contributed by atoms with Crippen LogP contribution in [-0.2, 0) is 24.3 Å². The van der Waals surface area contributed by atoms with Crippen molar-refractivity contribution in [2.24, 2.45) is 5.92 Å². The Balaban J connectivity index is 1.58. The van der Waals surface area contributed by atoms with Crippen molar-refractivity contribution >= 4 is 17.5 Å². The van der Waals surface area contributed by atoms with Crippen molar-refractivity contribution in [2.45, 2.75) is 25.9 Å². The van der Waals surface area contributed by atoms with Gasteiger partial charge in [0.25, 0.3) is 0 Å². The lowest BCUT2D eigenvalue weighted by molar-refractivity contribution is -0.126. The third kappa shape index (κ3) is 3.04. The average molecular weight is 322 g/mol. The molecule has 1 aliphatic rings. The fourth-order valence-electron chi connectivity index (χ4n) is 2.52. The number of halogens is 1. The number of amides is 1. The van der Waals surface area contributed by atoms with Crippen molar-refractivity contribution in [2.75, 3.05) is 7.11 Å². The molecule has 0 radical (unpaired) electrons. The largest absolute Gasteiger partial charge is 0.480 e. The van der Waals surface area contributed by atoms with Gasteiger partial charge in [-0.2, -0.15) is 0 Å². The quantitative estimate of drug-likeness (QED) is 0.915. The zero-order chi connectivity index (χ0) is 15.5. The molecule has 0 aromatic carbocycles. The monoisotopic (exact) mass is 321 g/mol. The number of methoxy groups -OCH3 is 1. The summed E-state index contributed by atoms with van der Waals surface area (Å²) in [4.78, 5) is 16.4. The third-order valence-corrected chi connectivity index (χ3v) is 3.99. The zero-order valence-corrected chi connectivity index (χ0v) is 12.9. The molecule has 2 aromatic rings. The fourth-order valence-corrected chi connectivity index (χ4v) is 2.78. The van der Waals surface area contributed by atoms with Gasteiger partial charge in [0, 0.05) is 25.7 Å². The van der Waals surface area contributed by atoms with Crippen LogP contribution in [0.15, 0.2) is 18.6 Å². The summed E-state index contributed by atoms with van der Waals surface area (Å²) >= 11 is 6.02. The molecule has 1 aliphatic heterocycles. The Kier molecular flexibility index (Phi) is 4.24. The lowest BCUT2D eigenvalue weighted by atomic mass is 9.98. The first kappa shape index (κ1) is 14.8. The van der Waals surface area contributed by atoms with Crippen LogP contribution < -0.4 is 10.1 Å². The summed E-state index contributed by atoms with van der Waals surface area (Å²) in [7, 11) is 1.51. The molecule has 3 heterocycles. The van der Waals surface area contributed by atoms with Crippen LogP contribution in [0.5, 0.6) is 5.88 Å². The highest BCUT2D eigenvalue weighted by Gasteiger charge is 2.25. The van der Waals surface area contributed by atoms with Crippen LogP contribution in [0.2, 0.25) is 5.02 Å². The molecular formula is C14H16ClN5O2. The Bertz CT molecular complexity index is 688. The molecule has 8 heteroatoms. The molecule has 7 nitrogen and oxygen atoms in total. The van der Waals surface area contributed by atoms with Crippen LogP contribution in [-0.4, -0.2) is 32.8 Å². The van der Waals surface area contributed by atoms with E-state index in [1.165, 1.54) is 7.11 Å². The number of carbonyl (C=O) groups excluding carboxylic acids is 1. The van der Waals surface area contributed by atoms with Gasteiger partial charge in [-0.25, -0.2) is 4.98 Å². The van der Waals surface area contributed by atoms with E-state index >= 15 is 0 Å². The molecule has 1 N–H and O–H groups in total. The van der Waals surface area contributed by atoms with Crippen molar-refractivity contribution < 1.29 is 9.53 Å². The Hall–Kier alpha value is -2.15. The van der Waals surface area contributed by atoms with Crippen LogP contribution >= 0.6 is 11.6 Å². The molecule has 2 aromatic heterocycles. The molecule has 0 saturated carbocycles. The highest BCUT2D eigenvalue weighted by atomic mass is 35.5. The van der Waals surface area contributed by atoms with Gasteiger partial charge in [-0.05, 0) is 18.1 Å². The molecule has 1 amide bonds. The van der Waals surface area contributed by atoms with Gasteiger partial charge < -0.3 is 14.6 Å². The minimum Gasteiger partial charge on any atom is -0.480 e. The van der Waals surface area contributed by atoms with Gasteiger partial charge in [-0.3, -0.25) is 4.79 Å². The molecular weight excluding hydrogens is 306 g/mol. The minimum atomic E-state index is -0.0646. The van der Waals surface area contributed by atoms with Crippen molar-refractivity contribution in [3.05, 3.63) is 35.0 Å². The summed E-state index contributed by atoms with van der Waals surface area (Å²) in [6.45, 7) is 1.01. The van der Waals surface area contributed by atoms with E-state index in [0.717, 1.165) is 24.2 Å². The number of carbonyl (C=O) groups is 1. The third-order valence-electron chi connectivity index (χ3n) is 3.72. The van der Waals surface area contributed by atoms with E-state index in [9.17, 15) is 4.79 Å². The maximum atomic E-state index is 12.3. The van der Waals surface area contributed by atoms with E-state index < -0.39 is 0 Å². The Labute approximate surface area is 132 Å². The maximum Gasteiger partial charge on any atom is 0.232 e. The molecule has 1 unspecified atom stereocenters. The summed E-state index contributed by atoms with van der Waals surface area (Å²) < 4.78 is 6.93. The van der Waals surface area contributed by atoms with Gasteiger partial charge in [0.2, 0.25) is 11.8 Å². The average Bonchev–Trinajstić information content (AvgIpc) is 3.00. The predicted octanol–water partition coefficient (Wildman–Crippen LogP) is 1.21. The van der Waals surface area contributed by atoms with E-state index in [2.05, 4.69) is 20.5 Å². The fraction of sp³-hybridized carbons (Fsp3) is 0.429. The molecule has 0 bridgehead atoms. The van der Waals surface area contributed by atoms with Gasteiger partial charge in [0.05, 0.1) is 13.0 Å². The summed E-state index contributed by atoms with van der Waals surface area (Å²) in [6, 6.07) is 1.74. The van der Waals surface area contributed by atoms with Gasteiger partial charge >= 0.3 is 0 Å². The second-order valence-corrected chi connectivity index (χ2v) is 5.59. The Morgan fingerprint density at radius 1 is 1.59 bits per heavy atom. The number of aryl methyl sites for hydroxylation is 1. The molecule has 0 aliphatic carbocycles. The number of fused-ring (bicyclic) bond motifs is 1. The van der Waals surface area contributed by atoms with Crippen molar-refractivity contribution in [3.63, 3.8) is 0 Å². The second kappa shape index (κ2) is 6.31. The number of rotatable bonds is 4. The first-order valence-corrected chi connectivity index (χ1v) is 7.38. The number of nitrogens with one attached hydrogen (secondary N) is 1. The first-order valence-electron chi connectivity index (χ1n) is 7.00. The molecule has 0 fully saturated rings. The highest BCUT2D eigenvalue weighted by Crippen LogP contribution is 2.22. The summed E-state index contributed by atoms with van der Waals surface area (Å²) in [5.74, 6) is 1.27. The van der Waals surface area contributed by atoms with Crippen LogP contribution in [0.3, 0.4) is 0 Å². The first-order chi connectivity index (χ1) is 10.7. The van der Waals surface area contributed by atoms with E-state index in [4.69, 9.17) is 16.3 Å². The van der Waals surface area contributed by atoms with E-state index in [1.54, 1.807) is 18.6 Å². The van der Waals surface area contributed by atoms with Gasteiger partial charge in [0.1, 0.15) is 17.2 Å². The topological polar surface area (TPSA) is 81.9 Å². The van der Waals surface area contributed by atoms with Gasteiger partial charge in [0.15, 0.2) is 0 Å². The highest BCUT2D eigenvalue weighted by molar-refractivity contribution is 6.31. The standard InChI is InChI=1S/C14H16ClN5O2/c1-22-14-11(15)4-9(6-17-14)5-16-13(21)10-2-3-12-19-18-8-20(12)7-10/h4,6,8,10H,2-3,5,7H2,1H3,(H,16,21). The van der Waals surface area contributed by atoms with E-state index in [1.807, 2.05) is 4.57 Å². The Morgan fingerprint density at radius 3 is 3.23 bits per heavy atom. The molecule has 1 atom stereocenters.